The molecule has 1 aliphatic rings. The monoisotopic (exact) mass is 317 g/mol. The SMILES string of the molecule is CCn1ncc(Br)c1C(N)C1(OC)CCOCC1. The number of halogens is 1. The van der Waals surface area contributed by atoms with Crippen molar-refractivity contribution in [3.63, 3.8) is 0 Å². The average Bonchev–Trinajstić information content (AvgIpc) is 2.79. The first-order valence-corrected chi connectivity index (χ1v) is 7.03. The quantitative estimate of drug-likeness (QED) is 0.920. The van der Waals surface area contributed by atoms with Crippen LogP contribution in [0, 0.1) is 0 Å². The summed E-state index contributed by atoms with van der Waals surface area (Å²) in [5, 5.41) is 4.32. The van der Waals surface area contributed by atoms with E-state index < -0.39 is 0 Å². The van der Waals surface area contributed by atoms with Crippen molar-refractivity contribution in [2.75, 3.05) is 20.3 Å². The first-order chi connectivity index (χ1) is 8.64. The van der Waals surface area contributed by atoms with Crippen molar-refractivity contribution >= 4 is 15.9 Å². The molecule has 0 aliphatic carbocycles. The van der Waals surface area contributed by atoms with E-state index >= 15 is 0 Å². The minimum atomic E-state index is -0.353. The number of nitrogens with zero attached hydrogens (tertiary/aromatic N) is 2. The molecule has 102 valence electrons. The van der Waals surface area contributed by atoms with Crippen LogP contribution in [0.25, 0.3) is 0 Å². The predicted octanol–water partition coefficient (Wildman–Crippen LogP) is 1.86. The highest BCUT2D eigenvalue weighted by atomic mass is 79.9. The topological polar surface area (TPSA) is 62.3 Å². The summed E-state index contributed by atoms with van der Waals surface area (Å²) in [5.41, 5.74) is 7.11. The third-order valence-corrected chi connectivity index (χ3v) is 4.35. The summed E-state index contributed by atoms with van der Waals surface area (Å²) >= 11 is 3.53. The maximum absolute atomic E-state index is 6.47. The second kappa shape index (κ2) is 5.69. The number of hydrogen-bond donors (Lipinski definition) is 1. The molecule has 1 atom stereocenters. The Kier molecular flexibility index (Phi) is 4.42. The van der Waals surface area contributed by atoms with Gasteiger partial charge in [0.1, 0.15) is 0 Å². The molecule has 1 saturated heterocycles. The third-order valence-electron chi connectivity index (χ3n) is 3.74. The van der Waals surface area contributed by atoms with Crippen LogP contribution < -0.4 is 5.73 Å². The van der Waals surface area contributed by atoms with Gasteiger partial charge in [-0.25, -0.2) is 0 Å². The second-order valence-corrected chi connectivity index (χ2v) is 5.41. The fraction of sp³-hybridized carbons (Fsp3) is 0.750. The van der Waals surface area contributed by atoms with Crippen LogP contribution in [0.5, 0.6) is 0 Å². The summed E-state index contributed by atoms with van der Waals surface area (Å²) in [6.07, 6.45) is 3.42. The van der Waals surface area contributed by atoms with Crippen LogP contribution in [0.4, 0.5) is 0 Å². The van der Waals surface area contributed by atoms with Gasteiger partial charge in [0.05, 0.1) is 28.0 Å². The molecule has 2 heterocycles. The smallest absolute Gasteiger partial charge is 0.0929 e. The first-order valence-electron chi connectivity index (χ1n) is 6.24. The average molecular weight is 318 g/mol. The number of aromatic nitrogens is 2. The van der Waals surface area contributed by atoms with Gasteiger partial charge in [0.2, 0.25) is 0 Å². The molecule has 2 N–H and O–H groups in total. The van der Waals surface area contributed by atoms with E-state index in [-0.39, 0.29) is 11.6 Å². The first kappa shape index (κ1) is 14.0. The zero-order chi connectivity index (χ0) is 13.2. The molecule has 1 fully saturated rings. The van der Waals surface area contributed by atoms with Gasteiger partial charge in [-0.1, -0.05) is 0 Å². The highest BCUT2D eigenvalue weighted by molar-refractivity contribution is 9.10. The van der Waals surface area contributed by atoms with Gasteiger partial charge < -0.3 is 15.2 Å². The van der Waals surface area contributed by atoms with Crippen molar-refractivity contribution in [2.24, 2.45) is 5.73 Å². The van der Waals surface area contributed by atoms with E-state index in [4.69, 9.17) is 15.2 Å². The van der Waals surface area contributed by atoms with Crippen LogP contribution in [0.3, 0.4) is 0 Å². The molecule has 0 spiro atoms. The maximum atomic E-state index is 6.47. The van der Waals surface area contributed by atoms with Gasteiger partial charge in [0.25, 0.3) is 0 Å². The molecule has 0 aromatic carbocycles. The van der Waals surface area contributed by atoms with Crippen molar-refractivity contribution in [1.82, 2.24) is 9.78 Å². The standard InChI is InChI=1S/C12H20BrN3O2/c1-3-16-10(9(13)8-15-16)11(14)12(17-2)4-6-18-7-5-12/h8,11H,3-7,14H2,1-2H3. The Morgan fingerprint density at radius 2 is 2.28 bits per heavy atom. The van der Waals surface area contributed by atoms with Gasteiger partial charge in [-0.2, -0.15) is 5.10 Å². The number of nitrogens with two attached hydrogens (primary N) is 1. The van der Waals surface area contributed by atoms with E-state index in [1.165, 1.54) is 0 Å². The lowest BCUT2D eigenvalue weighted by Gasteiger charge is -2.40. The minimum Gasteiger partial charge on any atom is -0.381 e. The second-order valence-electron chi connectivity index (χ2n) is 4.55. The molecule has 0 amide bonds. The molecule has 18 heavy (non-hydrogen) atoms. The zero-order valence-corrected chi connectivity index (χ0v) is 12.4. The molecule has 1 unspecified atom stereocenters. The minimum absolute atomic E-state index is 0.205. The van der Waals surface area contributed by atoms with Gasteiger partial charge in [-0.3, -0.25) is 4.68 Å². The van der Waals surface area contributed by atoms with Crippen molar-refractivity contribution in [2.45, 2.75) is 38.0 Å². The normalized spacial score (nSPS) is 20.9. The Bertz CT molecular complexity index is 402. The third kappa shape index (κ3) is 2.34. The number of rotatable bonds is 4. The van der Waals surface area contributed by atoms with Gasteiger partial charge >= 0.3 is 0 Å². The van der Waals surface area contributed by atoms with Crippen LogP contribution in [-0.2, 0) is 16.0 Å². The van der Waals surface area contributed by atoms with Crippen LogP contribution >= 0.6 is 15.9 Å². The van der Waals surface area contributed by atoms with Gasteiger partial charge in [0, 0.05) is 39.7 Å². The van der Waals surface area contributed by atoms with E-state index in [1.807, 2.05) is 4.68 Å². The summed E-state index contributed by atoms with van der Waals surface area (Å²) in [6, 6.07) is -0.205. The lowest BCUT2D eigenvalue weighted by molar-refractivity contribution is -0.106. The molecule has 1 aromatic rings. The Labute approximate surface area is 116 Å². The lowest BCUT2D eigenvalue weighted by Crippen LogP contribution is -2.48. The largest absolute Gasteiger partial charge is 0.381 e. The molecule has 0 radical (unpaired) electrons. The summed E-state index contributed by atoms with van der Waals surface area (Å²) < 4.78 is 14.0. The number of aryl methyl sites for hydroxylation is 1. The number of methoxy groups -OCH3 is 1. The van der Waals surface area contributed by atoms with Crippen molar-refractivity contribution in [3.8, 4) is 0 Å². The van der Waals surface area contributed by atoms with E-state index in [2.05, 4.69) is 28.0 Å². The van der Waals surface area contributed by atoms with E-state index in [0.717, 1.165) is 29.6 Å². The lowest BCUT2D eigenvalue weighted by atomic mass is 9.84. The van der Waals surface area contributed by atoms with Crippen molar-refractivity contribution < 1.29 is 9.47 Å². The summed E-state index contributed by atoms with van der Waals surface area (Å²) in [4.78, 5) is 0. The zero-order valence-electron chi connectivity index (χ0n) is 10.9. The fourth-order valence-electron chi connectivity index (χ4n) is 2.54. The maximum Gasteiger partial charge on any atom is 0.0929 e. The molecule has 1 aliphatic heterocycles. The van der Waals surface area contributed by atoms with Crippen molar-refractivity contribution in [1.29, 1.82) is 0 Å². The van der Waals surface area contributed by atoms with Crippen LogP contribution in [0.1, 0.15) is 31.5 Å². The van der Waals surface area contributed by atoms with Crippen molar-refractivity contribution in [3.05, 3.63) is 16.4 Å². The van der Waals surface area contributed by atoms with E-state index in [9.17, 15) is 0 Å². The van der Waals surface area contributed by atoms with E-state index in [1.54, 1.807) is 13.3 Å². The molecule has 2 rings (SSSR count). The highest BCUT2D eigenvalue weighted by Gasteiger charge is 2.41. The molecule has 6 heteroatoms. The molecule has 0 bridgehead atoms. The number of hydrogen-bond acceptors (Lipinski definition) is 4. The Balaban J connectivity index is 2.33. The van der Waals surface area contributed by atoms with Gasteiger partial charge in [0.15, 0.2) is 0 Å². The van der Waals surface area contributed by atoms with Crippen LogP contribution in [0.2, 0.25) is 0 Å². The molecule has 0 saturated carbocycles. The molecule has 1 aromatic heterocycles. The van der Waals surface area contributed by atoms with Crippen LogP contribution in [0.15, 0.2) is 10.7 Å². The molecular weight excluding hydrogens is 298 g/mol. The van der Waals surface area contributed by atoms with Gasteiger partial charge in [-0.05, 0) is 22.9 Å². The Hall–Kier alpha value is -0.430. The predicted molar refractivity (Wildman–Crippen MR) is 72.3 cm³/mol. The summed E-state index contributed by atoms with van der Waals surface area (Å²) in [6.45, 7) is 4.24. The molecular formula is C12H20BrN3O2. The van der Waals surface area contributed by atoms with E-state index in [0.29, 0.717) is 13.2 Å². The molecule has 5 nitrogen and oxygen atoms in total. The summed E-state index contributed by atoms with van der Waals surface area (Å²) in [5.74, 6) is 0. The Morgan fingerprint density at radius 3 is 2.83 bits per heavy atom. The fourth-order valence-corrected chi connectivity index (χ4v) is 3.08. The van der Waals surface area contributed by atoms with Crippen LogP contribution in [-0.4, -0.2) is 35.7 Å². The highest BCUT2D eigenvalue weighted by Crippen LogP contribution is 2.38. The summed E-state index contributed by atoms with van der Waals surface area (Å²) in [7, 11) is 1.73. The van der Waals surface area contributed by atoms with Gasteiger partial charge in [-0.15, -0.1) is 0 Å². The number of ether oxygens (including phenoxy) is 2. The Morgan fingerprint density at radius 1 is 1.61 bits per heavy atom.